The third-order valence-electron chi connectivity index (χ3n) is 3.18. The molecule has 0 aliphatic carbocycles. The molecule has 2 N–H and O–H groups in total. The average molecular weight is 337 g/mol. The molecule has 0 unspecified atom stereocenters. The largest absolute Gasteiger partial charge is 0.356 e. The summed E-state index contributed by atoms with van der Waals surface area (Å²) in [5, 5.41) is 8.43. The van der Waals surface area contributed by atoms with Crippen molar-refractivity contribution < 1.29 is 0 Å². The highest BCUT2D eigenvalue weighted by molar-refractivity contribution is 7.11. The molecule has 118 valence electrons. The second-order valence-electron chi connectivity index (χ2n) is 4.81. The van der Waals surface area contributed by atoms with Gasteiger partial charge in [-0.1, -0.05) is 30.7 Å². The van der Waals surface area contributed by atoms with Gasteiger partial charge in [0.1, 0.15) is 5.01 Å². The Kier molecular flexibility index (Phi) is 6.68. The first-order valence-electron chi connectivity index (χ1n) is 7.33. The summed E-state index contributed by atoms with van der Waals surface area (Å²) in [6.45, 7) is 3.64. The molecule has 0 amide bonds. The molecular formula is C16H21ClN4S. The lowest BCUT2D eigenvalue weighted by molar-refractivity contribution is 0.792. The molecule has 1 heterocycles. The van der Waals surface area contributed by atoms with E-state index in [2.05, 4.69) is 33.6 Å². The van der Waals surface area contributed by atoms with Crippen molar-refractivity contribution in [3.63, 3.8) is 0 Å². The number of aliphatic imine (C=N–C) groups is 1. The molecular weight excluding hydrogens is 316 g/mol. The number of aromatic nitrogens is 1. The third kappa shape index (κ3) is 5.31. The molecule has 4 nitrogen and oxygen atoms in total. The van der Waals surface area contributed by atoms with E-state index in [1.54, 1.807) is 18.4 Å². The SMILES string of the molecule is CCc1cnc(CNC(=NC)NCCc2cccc(Cl)c2)s1. The molecule has 0 bridgehead atoms. The molecule has 6 heteroatoms. The summed E-state index contributed by atoms with van der Waals surface area (Å²) >= 11 is 7.72. The van der Waals surface area contributed by atoms with E-state index in [-0.39, 0.29) is 0 Å². The Bertz CT molecular complexity index is 624. The molecule has 22 heavy (non-hydrogen) atoms. The summed E-state index contributed by atoms with van der Waals surface area (Å²) in [6, 6.07) is 7.92. The van der Waals surface area contributed by atoms with Crippen molar-refractivity contribution in [2.75, 3.05) is 13.6 Å². The van der Waals surface area contributed by atoms with Crippen LogP contribution in [0.2, 0.25) is 5.02 Å². The van der Waals surface area contributed by atoms with E-state index in [4.69, 9.17) is 11.6 Å². The highest BCUT2D eigenvalue weighted by atomic mass is 35.5. The van der Waals surface area contributed by atoms with E-state index < -0.39 is 0 Å². The van der Waals surface area contributed by atoms with Gasteiger partial charge >= 0.3 is 0 Å². The van der Waals surface area contributed by atoms with Crippen LogP contribution >= 0.6 is 22.9 Å². The highest BCUT2D eigenvalue weighted by Crippen LogP contribution is 2.13. The first-order chi connectivity index (χ1) is 10.7. The Balaban J connectivity index is 1.75. The van der Waals surface area contributed by atoms with Gasteiger partial charge in [-0.15, -0.1) is 11.3 Å². The molecule has 0 atom stereocenters. The quantitative estimate of drug-likeness (QED) is 0.628. The third-order valence-corrected chi connectivity index (χ3v) is 4.55. The van der Waals surface area contributed by atoms with Gasteiger partial charge in [0.05, 0.1) is 6.54 Å². The van der Waals surface area contributed by atoms with Gasteiger partial charge in [-0.2, -0.15) is 0 Å². The van der Waals surface area contributed by atoms with Crippen LogP contribution in [0.3, 0.4) is 0 Å². The van der Waals surface area contributed by atoms with Gasteiger partial charge in [-0.25, -0.2) is 4.98 Å². The standard InChI is InChI=1S/C16H21ClN4S/c1-3-14-10-20-15(22-14)11-21-16(18-2)19-8-7-12-5-4-6-13(17)9-12/h4-6,9-10H,3,7-8,11H2,1-2H3,(H2,18,19,21). The number of halogens is 1. The minimum Gasteiger partial charge on any atom is -0.356 e. The molecule has 0 saturated carbocycles. The Hall–Kier alpha value is -1.59. The second kappa shape index (κ2) is 8.76. The lowest BCUT2D eigenvalue weighted by atomic mass is 10.1. The fraction of sp³-hybridized carbons (Fsp3) is 0.375. The Morgan fingerprint density at radius 1 is 1.36 bits per heavy atom. The van der Waals surface area contributed by atoms with Crippen molar-refractivity contribution in [1.82, 2.24) is 15.6 Å². The van der Waals surface area contributed by atoms with Crippen LogP contribution in [-0.4, -0.2) is 24.5 Å². The first-order valence-corrected chi connectivity index (χ1v) is 8.53. The van der Waals surface area contributed by atoms with E-state index in [1.807, 2.05) is 24.4 Å². The summed E-state index contributed by atoms with van der Waals surface area (Å²) in [5.74, 6) is 0.787. The summed E-state index contributed by atoms with van der Waals surface area (Å²) < 4.78 is 0. The first kappa shape index (κ1) is 16.8. The maximum Gasteiger partial charge on any atom is 0.191 e. The number of nitrogens with zero attached hydrogens (tertiary/aromatic N) is 2. The van der Waals surface area contributed by atoms with Crippen molar-refractivity contribution in [1.29, 1.82) is 0 Å². The van der Waals surface area contributed by atoms with Crippen molar-refractivity contribution in [2.45, 2.75) is 26.3 Å². The monoisotopic (exact) mass is 336 g/mol. The fourth-order valence-corrected chi connectivity index (χ4v) is 3.01. The zero-order chi connectivity index (χ0) is 15.8. The average Bonchev–Trinajstić information content (AvgIpc) is 2.99. The molecule has 0 radical (unpaired) electrons. The Labute approximate surface area is 140 Å². The number of thiazole rings is 1. The van der Waals surface area contributed by atoms with E-state index in [0.29, 0.717) is 6.54 Å². The number of nitrogens with one attached hydrogen (secondary N) is 2. The Morgan fingerprint density at radius 3 is 2.91 bits per heavy atom. The summed E-state index contributed by atoms with van der Waals surface area (Å²) in [6.07, 6.45) is 3.87. The fourth-order valence-electron chi connectivity index (χ4n) is 1.99. The second-order valence-corrected chi connectivity index (χ2v) is 6.44. The summed E-state index contributed by atoms with van der Waals surface area (Å²) in [5.41, 5.74) is 1.21. The molecule has 2 aromatic rings. The van der Waals surface area contributed by atoms with E-state index >= 15 is 0 Å². The number of rotatable bonds is 6. The Morgan fingerprint density at radius 2 is 2.23 bits per heavy atom. The predicted molar refractivity (Wildman–Crippen MR) is 94.8 cm³/mol. The van der Waals surface area contributed by atoms with Crippen LogP contribution in [0.15, 0.2) is 35.5 Å². The van der Waals surface area contributed by atoms with E-state index in [1.165, 1.54) is 10.4 Å². The van der Waals surface area contributed by atoms with Gasteiger partial charge in [0, 0.05) is 29.7 Å². The van der Waals surface area contributed by atoms with E-state index in [0.717, 1.165) is 35.4 Å². The molecule has 0 fully saturated rings. The van der Waals surface area contributed by atoms with Gasteiger partial charge < -0.3 is 10.6 Å². The highest BCUT2D eigenvalue weighted by Gasteiger charge is 2.02. The molecule has 1 aromatic carbocycles. The zero-order valence-electron chi connectivity index (χ0n) is 12.9. The van der Waals surface area contributed by atoms with Crippen molar-refractivity contribution in [3.05, 3.63) is 50.9 Å². The number of aryl methyl sites for hydroxylation is 1. The van der Waals surface area contributed by atoms with Crippen LogP contribution in [0, 0.1) is 0 Å². The van der Waals surface area contributed by atoms with Gasteiger partial charge in [-0.05, 0) is 30.5 Å². The van der Waals surface area contributed by atoms with Crippen LogP contribution in [0.1, 0.15) is 22.4 Å². The minimum absolute atomic E-state index is 0.696. The summed E-state index contributed by atoms with van der Waals surface area (Å²) in [7, 11) is 1.77. The van der Waals surface area contributed by atoms with Crippen LogP contribution in [-0.2, 0) is 19.4 Å². The zero-order valence-corrected chi connectivity index (χ0v) is 14.5. The molecule has 0 spiro atoms. The number of guanidine groups is 1. The number of hydrogen-bond acceptors (Lipinski definition) is 3. The predicted octanol–water partition coefficient (Wildman–Crippen LogP) is 3.27. The van der Waals surface area contributed by atoms with Crippen molar-refractivity contribution >= 4 is 28.9 Å². The number of benzene rings is 1. The molecule has 0 saturated heterocycles. The minimum atomic E-state index is 0.696. The molecule has 0 aliphatic heterocycles. The smallest absolute Gasteiger partial charge is 0.191 e. The summed E-state index contributed by atoms with van der Waals surface area (Å²) in [4.78, 5) is 9.92. The maximum atomic E-state index is 5.98. The van der Waals surface area contributed by atoms with E-state index in [9.17, 15) is 0 Å². The van der Waals surface area contributed by atoms with Gasteiger partial charge in [0.25, 0.3) is 0 Å². The van der Waals surface area contributed by atoms with Gasteiger partial charge in [-0.3, -0.25) is 4.99 Å². The maximum absolute atomic E-state index is 5.98. The van der Waals surface area contributed by atoms with Crippen LogP contribution < -0.4 is 10.6 Å². The van der Waals surface area contributed by atoms with Crippen molar-refractivity contribution in [2.24, 2.45) is 4.99 Å². The lowest BCUT2D eigenvalue weighted by Gasteiger charge is -2.11. The normalized spacial score (nSPS) is 11.5. The van der Waals surface area contributed by atoms with Crippen LogP contribution in [0.25, 0.3) is 0 Å². The van der Waals surface area contributed by atoms with Crippen LogP contribution in [0.4, 0.5) is 0 Å². The molecule has 1 aromatic heterocycles. The van der Waals surface area contributed by atoms with Crippen molar-refractivity contribution in [3.8, 4) is 0 Å². The number of hydrogen-bond donors (Lipinski definition) is 2. The molecule has 2 rings (SSSR count). The van der Waals surface area contributed by atoms with Crippen LogP contribution in [0.5, 0.6) is 0 Å². The lowest BCUT2D eigenvalue weighted by Crippen LogP contribution is -2.37. The van der Waals surface area contributed by atoms with Gasteiger partial charge in [0.2, 0.25) is 0 Å². The molecule has 0 aliphatic rings. The topological polar surface area (TPSA) is 49.3 Å². The van der Waals surface area contributed by atoms with Gasteiger partial charge in [0.15, 0.2) is 5.96 Å².